The van der Waals surface area contributed by atoms with E-state index >= 15 is 0 Å². The summed E-state index contributed by atoms with van der Waals surface area (Å²) in [5, 5.41) is 1.23. The Morgan fingerprint density at radius 2 is 1.65 bits per heavy atom. The van der Waals surface area contributed by atoms with Gasteiger partial charge in [0.25, 0.3) is 0 Å². The Hall–Kier alpha value is -2.23. The van der Waals surface area contributed by atoms with Crippen LogP contribution in [0, 0.1) is 0 Å². The van der Waals surface area contributed by atoms with E-state index in [-0.39, 0.29) is 0 Å². The van der Waals surface area contributed by atoms with Crippen molar-refractivity contribution in [2.45, 2.75) is 0 Å². The summed E-state index contributed by atoms with van der Waals surface area (Å²) in [7, 11) is 1.96. The number of rotatable bonds is 3. The number of nitrogens with zero attached hydrogens (tertiary/aromatic N) is 2. The Balaban J connectivity index is 1.93. The maximum Gasteiger partial charge on any atom is 0.132 e. The molecule has 3 nitrogen and oxygen atoms in total. The molecule has 0 aliphatic heterocycles. The summed E-state index contributed by atoms with van der Waals surface area (Å²) >= 11 is 12.4. The average molecular weight is 344 g/mol. The maximum absolute atomic E-state index is 6.18. The third kappa shape index (κ3) is 3.26. The Morgan fingerprint density at radius 1 is 1.00 bits per heavy atom. The number of hydrogen-bond donors (Lipinski definition) is 1. The average Bonchev–Trinajstić information content (AvgIpc) is 2.89. The highest BCUT2D eigenvalue weighted by atomic mass is 35.5. The number of hydrogen-bond acceptors (Lipinski definition) is 2. The van der Waals surface area contributed by atoms with Crippen LogP contribution in [0.15, 0.2) is 48.7 Å². The molecule has 1 aromatic heterocycles. The maximum atomic E-state index is 6.18. The van der Waals surface area contributed by atoms with Gasteiger partial charge < -0.3 is 10.3 Å². The van der Waals surface area contributed by atoms with Crippen LogP contribution in [0.5, 0.6) is 0 Å². The molecule has 0 spiro atoms. The SMILES string of the molecule is Cn1c(-c2ccc(N)cc2)cnc1/C=C/c1c(Cl)cccc1Cl. The number of halogens is 2. The van der Waals surface area contributed by atoms with Crippen LogP contribution in [0.25, 0.3) is 23.4 Å². The third-order valence-electron chi connectivity index (χ3n) is 3.63. The van der Waals surface area contributed by atoms with Gasteiger partial charge in [0.1, 0.15) is 5.82 Å². The monoisotopic (exact) mass is 343 g/mol. The number of imidazole rings is 1. The van der Waals surface area contributed by atoms with Gasteiger partial charge in [-0.15, -0.1) is 0 Å². The molecule has 5 heteroatoms. The zero-order valence-electron chi connectivity index (χ0n) is 12.5. The summed E-state index contributed by atoms with van der Waals surface area (Å²) in [5.74, 6) is 0.813. The van der Waals surface area contributed by atoms with Gasteiger partial charge in [-0.25, -0.2) is 4.98 Å². The molecular weight excluding hydrogens is 329 g/mol. The lowest BCUT2D eigenvalue weighted by Gasteiger charge is -2.05. The van der Waals surface area contributed by atoms with E-state index in [9.17, 15) is 0 Å². The van der Waals surface area contributed by atoms with Crippen molar-refractivity contribution in [1.82, 2.24) is 9.55 Å². The van der Waals surface area contributed by atoms with Crippen LogP contribution >= 0.6 is 23.2 Å². The van der Waals surface area contributed by atoms with Gasteiger partial charge in [0, 0.05) is 28.3 Å². The second kappa shape index (κ2) is 6.49. The van der Waals surface area contributed by atoms with Gasteiger partial charge in [-0.2, -0.15) is 0 Å². The van der Waals surface area contributed by atoms with Crippen molar-refractivity contribution in [3.05, 3.63) is 70.1 Å². The fourth-order valence-electron chi connectivity index (χ4n) is 2.33. The molecule has 0 aliphatic carbocycles. The largest absolute Gasteiger partial charge is 0.399 e. The number of benzene rings is 2. The minimum Gasteiger partial charge on any atom is -0.399 e. The van der Waals surface area contributed by atoms with Crippen LogP contribution in [-0.4, -0.2) is 9.55 Å². The Morgan fingerprint density at radius 3 is 2.30 bits per heavy atom. The van der Waals surface area contributed by atoms with Crippen molar-refractivity contribution in [3.63, 3.8) is 0 Å². The molecule has 0 unspecified atom stereocenters. The second-order valence-corrected chi connectivity index (χ2v) is 5.97. The molecule has 2 N–H and O–H groups in total. The second-order valence-electron chi connectivity index (χ2n) is 5.15. The van der Waals surface area contributed by atoms with Crippen LogP contribution in [-0.2, 0) is 7.05 Å². The van der Waals surface area contributed by atoms with Gasteiger partial charge >= 0.3 is 0 Å². The van der Waals surface area contributed by atoms with Gasteiger partial charge in [0.2, 0.25) is 0 Å². The number of nitrogen functional groups attached to an aromatic ring is 1. The van der Waals surface area contributed by atoms with Crippen molar-refractivity contribution >= 4 is 41.0 Å². The van der Waals surface area contributed by atoms with E-state index in [1.54, 1.807) is 0 Å². The molecule has 0 saturated heterocycles. The summed E-state index contributed by atoms with van der Waals surface area (Å²) in [6, 6.07) is 13.1. The molecule has 0 radical (unpaired) electrons. The lowest BCUT2D eigenvalue weighted by Crippen LogP contribution is -1.95. The molecule has 116 valence electrons. The first-order chi connectivity index (χ1) is 11.1. The van der Waals surface area contributed by atoms with Crippen molar-refractivity contribution in [1.29, 1.82) is 0 Å². The van der Waals surface area contributed by atoms with E-state index in [2.05, 4.69) is 4.98 Å². The molecule has 2 aromatic carbocycles. The molecule has 0 amide bonds. The molecule has 0 saturated carbocycles. The van der Waals surface area contributed by atoms with E-state index in [1.807, 2.05) is 72.4 Å². The van der Waals surface area contributed by atoms with Crippen molar-refractivity contribution < 1.29 is 0 Å². The van der Waals surface area contributed by atoms with E-state index < -0.39 is 0 Å². The van der Waals surface area contributed by atoms with Crippen LogP contribution in [0.2, 0.25) is 10.0 Å². The molecule has 0 aliphatic rings. The molecular formula is C18H15Cl2N3. The number of nitrogens with two attached hydrogens (primary N) is 1. The predicted octanol–water partition coefficient (Wildman–Crippen LogP) is 5.15. The van der Waals surface area contributed by atoms with Crippen molar-refractivity contribution in [2.75, 3.05) is 5.73 Å². The lowest BCUT2D eigenvalue weighted by atomic mass is 10.1. The summed E-state index contributed by atoms with van der Waals surface area (Å²) in [4.78, 5) is 4.45. The van der Waals surface area contributed by atoms with E-state index in [0.717, 1.165) is 28.3 Å². The van der Waals surface area contributed by atoms with E-state index in [4.69, 9.17) is 28.9 Å². The molecule has 0 bridgehead atoms. The molecule has 0 fully saturated rings. The van der Waals surface area contributed by atoms with Crippen molar-refractivity contribution in [3.8, 4) is 11.3 Å². The van der Waals surface area contributed by atoms with Gasteiger partial charge in [0.05, 0.1) is 11.9 Å². The smallest absolute Gasteiger partial charge is 0.132 e. The first-order valence-corrected chi connectivity index (χ1v) is 7.81. The zero-order valence-corrected chi connectivity index (χ0v) is 14.0. The van der Waals surface area contributed by atoms with Gasteiger partial charge in [-0.1, -0.05) is 41.4 Å². The summed E-state index contributed by atoms with van der Waals surface area (Å²) < 4.78 is 2.01. The molecule has 0 atom stereocenters. The predicted molar refractivity (Wildman–Crippen MR) is 98.4 cm³/mol. The first-order valence-electron chi connectivity index (χ1n) is 7.06. The number of aromatic nitrogens is 2. The van der Waals surface area contributed by atoms with Crippen molar-refractivity contribution in [2.24, 2.45) is 7.05 Å². The standard InChI is InChI=1S/C18H15Cl2N3/c1-23-17(12-5-7-13(21)8-6-12)11-22-18(23)10-9-14-15(19)3-2-4-16(14)20/h2-11H,21H2,1H3/b10-9+. The van der Waals surface area contributed by atoms with Gasteiger partial charge in [0.15, 0.2) is 0 Å². The molecule has 3 aromatic rings. The Labute approximate surface area is 145 Å². The van der Waals surface area contributed by atoms with Crippen LogP contribution in [0.1, 0.15) is 11.4 Å². The molecule has 23 heavy (non-hydrogen) atoms. The Kier molecular flexibility index (Phi) is 4.42. The van der Waals surface area contributed by atoms with Crippen LogP contribution < -0.4 is 5.73 Å². The summed E-state index contributed by atoms with van der Waals surface area (Å²) in [6.07, 6.45) is 5.60. The van der Waals surface area contributed by atoms with Gasteiger partial charge in [-0.3, -0.25) is 0 Å². The fourth-order valence-corrected chi connectivity index (χ4v) is 2.85. The minimum atomic E-state index is 0.613. The summed E-state index contributed by atoms with van der Waals surface area (Å²) in [5.41, 5.74) is 9.32. The third-order valence-corrected chi connectivity index (χ3v) is 4.29. The molecule has 3 rings (SSSR count). The fraction of sp³-hybridized carbons (Fsp3) is 0.0556. The van der Waals surface area contributed by atoms with E-state index in [0.29, 0.717) is 10.0 Å². The topological polar surface area (TPSA) is 43.8 Å². The normalized spacial score (nSPS) is 11.3. The molecule has 1 heterocycles. The first kappa shape index (κ1) is 15.7. The highest BCUT2D eigenvalue weighted by Gasteiger charge is 2.07. The Bertz CT molecular complexity index is 844. The van der Waals surface area contributed by atoms with Crippen LogP contribution in [0.4, 0.5) is 5.69 Å². The lowest BCUT2D eigenvalue weighted by molar-refractivity contribution is 0.906. The quantitative estimate of drug-likeness (QED) is 0.668. The zero-order chi connectivity index (χ0) is 16.4. The summed E-state index contributed by atoms with van der Waals surface area (Å²) in [6.45, 7) is 0. The van der Waals surface area contributed by atoms with Gasteiger partial charge in [-0.05, 0) is 42.0 Å². The van der Waals surface area contributed by atoms with Crippen LogP contribution in [0.3, 0.4) is 0 Å². The van der Waals surface area contributed by atoms with E-state index in [1.165, 1.54) is 0 Å². The minimum absolute atomic E-state index is 0.613. The number of anilines is 1. The highest BCUT2D eigenvalue weighted by Crippen LogP contribution is 2.27. The highest BCUT2D eigenvalue weighted by molar-refractivity contribution is 6.37.